The number of aromatic nitrogens is 1. The van der Waals surface area contributed by atoms with Crippen molar-refractivity contribution in [2.24, 2.45) is 0 Å². The molecular formula is C12H11ClFN3O2S. The third-order valence-corrected chi connectivity index (χ3v) is 4.17. The molecule has 0 fully saturated rings. The van der Waals surface area contributed by atoms with Gasteiger partial charge in [0.25, 0.3) is 10.0 Å². The summed E-state index contributed by atoms with van der Waals surface area (Å²) in [6, 6.07) is 5.41. The van der Waals surface area contributed by atoms with Crippen LogP contribution in [0.3, 0.4) is 0 Å². The summed E-state index contributed by atoms with van der Waals surface area (Å²) in [6.45, 7) is 1.43. The fraction of sp³-hybridized carbons (Fsp3) is 0.0833. The van der Waals surface area contributed by atoms with Gasteiger partial charge in [0.15, 0.2) is 5.82 Å². The molecule has 3 N–H and O–H groups in total. The number of benzene rings is 1. The normalized spacial score (nSPS) is 11.3. The smallest absolute Gasteiger partial charge is 0.266 e. The van der Waals surface area contributed by atoms with Gasteiger partial charge in [0, 0.05) is 11.9 Å². The van der Waals surface area contributed by atoms with Crippen LogP contribution in [0.4, 0.5) is 15.9 Å². The van der Waals surface area contributed by atoms with Gasteiger partial charge in [-0.25, -0.2) is 17.8 Å². The van der Waals surface area contributed by atoms with Crippen LogP contribution in [-0.2, 0) is 10.0 Å². The second-order valence-corrected chi connectivity index (χ2v) is 6.15. The summed E-state index contributed by atoms with van der Waals surface area (Å²) in [5, 5.41) is 0.108. The molecule has 1 heterocycles. The van der Waals surface area contributed by atoms with Crippen LogP contribution in [0.5, 0.6) is 0 Å². The van der Waals surface area contributed by atoms with Gasteiger partial charge in [-0.15, -0.1) is 0 Å². The highest BCUT2D eigenvalue weighted by Crippen LogP contribution is 2.25. The molecule has 0 atom stereocenters. The largest absolute Gasteiger partial charge is 0.399 e. The van der Waals surface area contributed by atoms with Crippen LogP contribution >= 0.6 is 11.6 Å². The number of nitrogen functional groups attached to an aromatic ring is 1. The average molecular weight is 316 g/mol. The zero-order valence-corrected chi connectivity index (χ0v) is 12.0. The van der Waals surface area contributed by atoms with E-state index in [-0.39, 0.29) is 22.1 Å². The fourth-order valence-electron chi connectivity index (χ4n) is 1.60. The zero-order valence-electron chi connectivity index (χ0n) is 10.4. The van der Waals surface area contributed by atoms with Gasteiger partial charge >= 0.3 is 0 Å². The van der Waals surface area contributed by atoms with E-state index in [2.05, 4.69) is 9.71 Å². The van der Waals surface area contributed by atoms with E-state index in [9.17, 15) is 12.8 Å². The Kier molecular flexibility index (Phi) is 3.82. The Morgan fingerprint density at radius 2 is 2.10 bits per heavy atom. The number of sulfonamides is 1. The van der Waals surface area contributed by atoms with Crippen LogP contribution < -0.4 is 10.5 Å². The molecule has 0 spiro atoms. The number of nitrogens with one attached hydrogen (secondary N) is 1. The van der Waals surface area contributed by atoms with E-state index in [1.807, 2.05) is 0 Å². The number of nitrogens with two attached hydrogens (primary N) is 1. The third-order valence-electron chi connectivity index (χ3n) is 2.52. The lowest BCUT2D eigenvalue weighted by atomic mass is 10.2. The third kappa shape index (κ3) is 2.83. The quantitative estimate of drug-likeness (QED) is 0.852. The summed E-state index contributed by atoms with van der Waals surface area (Å²) in [5.74, 6) is -0.938. The SMILES string of the molecule is Cc1cc(N)cc(S(=O)(=O)Nc2ncccc2Cl)c1F. The van der Waals surface area contributed by atoms with Crippen molar-refractivity contribution in [3.63, 3.8) is 0 Å². The Bertz CT molecular complexity index is 765. The highest BCUT2D eigenvalue weighted by atomic mass is 35.5. The summed E-state index contributed by atoms with van der Waals surface area (Å²) in [6.07, 6.45) is 1.37. The molecule has 0 saturated heterocycles. The van der Waals surface area contributed by atoms with Gasteiger partial charge in [0.2, 0.25) is 0 Å². The fourth-order valence-corrected chi connectivity index (χ4v) is 3.04. The van der Waals surface area contributed by atoms with Crippen molar-refractivity contribution in [2.45, 2.75) is 11.8 Å². The molecule has 0 amide bonds. The monoisotopic (exact) mass is 315 g/mol. The van der Waals surface area contributed by atoms with Gasteiger partial charge in [-0.05, 0) is 36.8 Å². The topological polar surface area (TPSA) is 85.1 Å². The van der Waals surface area contributed by atoms with E-state index in [0.717, 1.165) is 6.07 Å². The second kappa shape index (κ2) is 5.26. The van der Waals surface area contributed by atoms with Crippen LogP contribution in [0, 0.1) is 12.7 Å². The van der Waals surface area contributed by atoms with E-state index in [4.69, 9.17) is 17.3 Å². The molecule has 0 unspecified atom stereocenters. The maximum absolute atomic E-state index is 14.0. The number of aryl methyl sites for hydroxylation is 1. The molecule has 8 heteroatoms. The molecule has 0 radical (unpaired) electrons. The first-order valence-corrected chi connectivity index (χ1v) is 7.36. The molecular weight excluding hydrogens is 305 g/mol. The summed E-state index contributed by atoms with van der Waals surface area (Å²) < 4.78 is 40.4. The summed E-state index contributed by atoms with van der Waals surface area (Å²) in [7, 11) is -4.16. The summed E-state index contributed by atoms with van der Waals surface area (Å²) in [4.78, 5) is 3.24. The molecule has 0 aliphatic heterocycles. The van der Waals surface area contributed by atoms with Crippen molar-refractivity contribution >= 4 is 33.1 Å². The van der Waals surface area contributed by atoms with Crippen molar-refractivity contribution in [3.05, 3.63) is 46.9 Å². The first kappa shape index (κ1) is 14.5. The summed E-state index contributed by atoms with van der Waals surface area (Å²) in [5.41, 5.74) is 5.83. The Labute approximate surface area is 120 Å². The van der Waals surface area contributed by atoms with Gasteiger partial charge in [-0.2, -0.15) is 0 Å². The second-order valence-electron chi connectivity index (χ2n) is 4.09. The molecule has 0 aliphatic rings. The van der Waals surface area contributed by atoms with Crippen molar-refractivity contribution in [3.8, 4) is 0 Å². The van der Waals surface area contributed by atoms with Crippen molar-refractivity contribution in [1.29, 1.82) is 0 Å². The van der Waals surface area contributed by atoms with Crippen LogP contribution in [0.25, 0.3) is 0 Å². The van der Waals surface area contributed by atoms with Crippen molar-refractivity contribution in [1.82, 2.24) is 4.98 Å². The van der Waals surface area contributed by atoms with Crippen molar-refractivity contribution < 1.29 is 12.8 Å². The highest BCUT2D eigenvalue weighted by molar-refractivity contribution is 7.92. The number of nitrogens with zero attached hydrogens (tertiary/aromatic N) is 1. The number of halogens is 2. The van der Waals surface area contributed by atoms with E-state index in [1.54, 1.807) is 6.07 Å². The van der Waals surface area contributed by atoms with Crippen LogP contribution in [0.15, 0.2) is 35.4 Å². The van der Waals surface area contributed by atoms with Crippen LogP contribution in [0.2, 0.25) is 5.02 Å². The van der Waals surface area contributed by atoms with Gasteiger partial charge in [0.05, 0.1) is 5.02 Å². The minimum Gasteiger partial charge on any atom is -0.399 e. The van der Waals surface area contributed by atoms with Gasteiger partial charge < -0.3 is 5.73 Å². The minimum atomic E-state index is -4.16. The number of anilines is 2. The van der Waals surface area contributed by atoms with Gasteiger partial charge in [-0.1, -0.05) is 11.6 Å². The molecule has 2 aromatic rings. The van der Waals surface area contributed by atoms with Crippen LogP contribution in [0.1, 0.15) is 5.56 Å². The Balaban J connectivity index is 2.49. The highest BCUT2D eigenvalue weighted by Gasteiger charge is 2.22. The first-order valence-electron chi connectivity index (χ1n) is 5.50. The number of hydrogen-bond donors (Lipinski definition) is 2. The Morgan fingerprint density at radius 1 is 1.40 bits per heavy atom. The van der Waals surface area contributed by atoms with Crippen LogP contribution in [-0.4, -0.2) is 13.4 Å². The summed E-state index contributed by atoms with van der Waals surface area (Å²) >= 11 is 5.81. The Morgan fingerprint density at radius 3 is 2.75 bits per heavy atom. The average Bonchev–Trinajstić information content (AvgIpc) is 2.36. The first-order chi connectivity index (χ1) is 9.31. The van der Waals surface area contributed by atoms with E-state index >= 15 is 0 Å². The lowest BCUT2D eigenvalue weighted by molar-refractivity contribution is 0.565. The van der Waals surface area contributed by atoms with E-state index in [0.29, 0.717) is 0 Å². The van der Waals surface area contributed by atoms with Crippen molar-refractivity contribution in [2.75, 3.05) is 10.5 Å². The minimum absolute atomic E-state index is 0.0753. The van der Waals surface area contributed by atoms with Gasteiger partial charge in [-0.3, -0.25) is 4.72 Å². The maximum Gasteiger partial charge on any atom is 0.266 e. The van der Waals surface area contributed by atoms with E-state index < -0.39 is 20.7 Å². The lowest BCUT2D eigenvalue weighted by Gasteiger charge is -2.11. The predicted octanol–water partition coefficient (Wildman–Crippen LogP) is 2.57. The molecule has 1 aromatic carbocycles. The molecule has 0 bridgehead atoms. The predicted molar refractivity (Wildman–Crippen MR) is 75.6 cm³/mol. The molecule has 0 aliphatic carbocycles. The lowest BCUT2D eigenvalue weighted by Crippen LogP contribution is -2.16. The maximum atomic E-state index is 14.0. The molecule has 0 saturated carbocycles. The Hall–Kier alpha value is -1.86. The molecule has 5 nitrogen and oxygen atoms in total. The number of rotatable bonds is 3. The molecule has 1 aromatic heterocycles. The van der Waals surface area contributed by atoms with Gasteiger partial charge in [0.1, 0.15) is 10.7 Å². The molecule has 106 valence electrons. The number of hydrogen-bond acceptors (Lipinski definition) is 4. The standard InChI is InChI=1S/C12H11ClFN3O2S/c1-7-5-8(15)6-10(11(7)14)20(18,19)17-12-9(13)3-2-4-16-12/h2-6H,15H2,1H3,(H,16,17). The number of pyridine rings is 1. The molecule has 2 rings (SSSR count). The molecule has 20 heavy (non-hydrogen) atoms. The van der Waals surface area contributed by atoms with E-state index in [1.165, 1.54) is 25.3 Å². The zero-order chi connectivity index (χ0) is 14.9.